The summed E-state index contributed by atoms with van der Waals surface area (Å²) in [6.07, 6.45) is 3.72. The molecular weight excluding hydrogens is 306 g/mol. The maximum atomic E-state index is 12.7. The third-order valence-electron chi connectivity index (χ3n) is 3.82. The van der Waals surface area contributed by atoms with Crippen molar-refractivity contribution in [2.75, 3.05) is 26.3 Å². The molecule has 1 aliphatic rings. The van der Waals surface area contributed by atoms with E-state index in [0.717, 1.165) is 11.0 Å². The molecule has 8 heteroatoms. The maximum absolute atomic E-state index is 12.7. The molecule has 1 unspecified atom stereocenters. The standard InChI is InChI=1S/C15H24F2N4O2/c1-11(2)9-12-10-23-8-7-20(12)15(22)19-4-3-13-18-5-6-21(13)14(16)17/h5-6,11-12,14H,3-4,7-10H2,1-2H3,(H,19,22). The van der Waals surface area contributed by atoms with Gasteiger partial charge in [0.15, 0.2) is 0 Å². The molecule has 23 heavy (non-hydrogen) atoms. The van der Waals surface area contributed by atoms with Crippen molar-refractivity contribution < 1.29 is 18.3 Å². The summed E-state index contributed by atoms with van der Waals surface area (Å²) in [5.41, 5.74) is 0. The molecule has 1 aromatic rings. The Hall–Kier alpha value is -1.70. The van der Waals surface area contributed by atoms with E-state index in [0.29, 0.717) is 25.7 Å². The Labute approximate surface area is 134 Å². The highest BCUT2D eigenvalue weighted by atomic mass is 19.3. The number of morpholine rings is 1. The molecule has 1 atom stereocenters. The van der Waals surface area contributed by atoms with Gasteiger partial charge in [-0.05, 0) is 12.3 Å². The molecule has 0 aliphatic carbocycles. The third kappa shape index (κ3) is 4.89. The van der Waals surface area contributed by atoms with E-state index >= 15 is 0 Å². The highest BCUT2D eigenvalue weighted by Crippen LogP contribution is 2.16. The quantitative estimate of drug-likeness (QED) is 0.870. The number of hydrogen-bond donors (Lipinski definition) is 1. The van der Waals surface area contributed by atoms with Gasteiger partial charge in [-0.2, -0.15) is 8.78 Å². The van der Waals surface area contributed by atoms with E-state index in [1.807, 2.05) is 0 Å². The van der Waals surface area contributed by atoms with E-state index in [9.17, 15) is 13.6 Å². The smallest absolute Gasteiger partial charge is 0.319 e. The lowest BCUT2D eigenvalue weighted by Crippen LogP contribution is -2.53. The van der Waals surface area contributed by atoms with E-state index in [-0.39, 0.29) is 30.9 Å². The lowest BCUT2D eigenvalue weighted by atomic mass is 10.0. The van der Waals surface area contributed by atoms with Crippen molar-refractivity contribution in [1.29, 1.82) is 0 Å². The molecule has 0 saturated carbocycles. The Kier molecular flexibility index (Phi) is 6.32. The lowest BCUT2D eigenvalue weighted by Gasteiger charge is -2.36. The van der Waals surface area contributed by atoms with E-state index in [1.54, 1.807) is 4.90 Å². The van der Waals surface area contributed by atoms with Crippen LogP contribution in [-0.4, -0.2) is 52.8 Å². The maximum Gasteiger partial charge on any atom is 0.319 e. The highest BCUT2D eigenvalue weighted by molar-refractivity contribution is 5.74. The summed E-state index contributed by atoms with van der Waals surface area (Å²) in [4.78, 5) is 18.0. The second-order valence-corrected chi connectivity index (χ2v) is 6.06. The summed E-state index contributed by atoms with van der Waals surface area (Å²) in [6.45, 7) is 3.49. The lowest BCUT2D eigenvalue weighted by molar-refractivity contribution is 0.00562. The van der Waals surface area contributed by atoms with E-state index < -0.39 is 6.55 Å². The summed E-state index contributed by atoms with van der Waals surface area (Å²) in [6, 6.07) is -0.110. The molecule has 1 aliphatic heterocycles. The summed E-state index contributed by atoms with van der Waals surface area (Å²) in [5, 5.41) is 2.79. The first-order valence-electron chi connectivity index (χ1n) is 7.91. The monoisotopic (exact) mass is 330 g/mol. The first-order valence-corrected chi connectivity index (χ1v) is 7.91. The van der Waals surface area contributed by atoms with Gasteiger partial charge >= 0.3 is 12.6 Å². The van der Waals surface area contributed by atoms with E-state index in [2.05, 4.69) is 24.1 Å². The van der Waals surface area contributed by atoms with Gasteiger partial charge in [0.1, 0.15) is 5.82 Å². The molecule has 0 spiro atoms. The van der Waals surface area contributed by atoms with Crippen LogP contribution >= 0.6 is 0 Å². The number of carbonyl (C=O) groups excluding carboxylic acids is 1. The van der Waals surface area contributed by atoms with Gasteiger partial charge in [-0.25, -0.2) is 9.78 Å². The number of hydrogen-bond acceptors (Lipinski definition) is 3. The molecule has 0 bridgehead atoms. The number of amides is 2. The second kappa shape index (κ2) is 8.24. The molecule has 6 nitrogen and oxygen atoms in total. The minimum atomic E-state index is -2.61. The van der Waals surface area contributed by atoms with Gasteiger partial charge in [0.2, 0.25) is 0 Å². The largest absolute Gasteiger partial charge is 0.377 e. The summed E-state index contributed by atoms with van der Waals surface area (Å²) in [7, 11) is 0. The first kappa shape index (κ1) is 17.7. The van der Waals surface area contributed by atoms with Crippen LogP contribution < -0.4 is 5.32 Å². The summed E-state index contributed by atoms with van der Waals surface area (Å²) >= 11 is 0. The van der Waals surface area contributed by atoms with Crippen LogP contribution in [0, 0.1) is 5.92 Å². The van der Waals surface area contributed by atoms with E-state index in [4.69, 9.17) is 4.74 Å². The Morgan fingerprint density at radius 3 is 3.00 bits per heavy atom. The molecular formula is C15H24F2N4O2. The zero-order valence-corrected chi connectivity index (χ0v) is 13.5. The fourth-order valence-corrected chi connectivity index (χ4v) is 2.76. The van der Waals surface area contributed by atoms with Crippen molar-refractivity contribution in [2.24, 2.45) is 5.92 Å². The first-order chi connectivity index (χ1) is 11.0. The van der Waals surface area contributed by atoms with Crippen LogP contribution in [0.2, 0.25) is 0 Å². The zero-order chi connectivity index (χ0) is 16.8. The Morgan fingerprint density at radius 1 is 1.52 bits per heavy atom. The van der Waals surface area contributed by atoms with Crippen molar-refractivity contribution in [2.45, 2.75) is 39.3 Å². The number of nitrogens with zero attached hydrogens (tertiary/aromatic N) is 3. The van der Waals surface area contributed by atoms with Gasteiger partial charge in [-0.15, -0.1) is 0 Å². The fraction of sp³-hybridized carbons (Fsp3) is 0.733. The molecule has 2 heterocycles. The second-order valence-electron chi connectivity index (χ2n) is 6.06. The number of ether oxygens (including phenoxy) is 1. The van der Waals surface area contributed by atoms with Gasteiger partial charge in [-0.1, -0.05) is 13.8 Å². The van der Waals surface area contributed by atoms with Gasteiger partial charge in [0, 0.05) is 31.9 Å². The molecule has 2 rings (SSSR count). The van der Waals surface area contributed by atoms with Crippen molar-refractivity contribution in [3.63, 3.8) is 0 Å². The average Bonchev–Trinajstić information content (AvgIpc) is 2.95. The Morgan fingerprint density at radius 2 is 2.30 bits per heavy atom. The molecule has 130 valence electrons. The van der Waals surface area contributed by atoms with Crippen LogP contribution in [-0.2, 0) is 11.2 Å². The number of imidazole rings is 1. The van der Waals surface area contributed by atoms with Crippen LogP contribution in [0.1, 0.15) is 32.6 Å². The van der Waals surface area contributed by atoms with Crippen molar-refractivity contribution >= 4 is 6.03 Å². The molecule has 1 N–H and O–H groups in total. The number of urea groups is 1. The number of rotatable bonds is 6. The van der Waals surface area contributed by atoms with Crippen LogP contribution in [0.4, 0.5) is 13.6 Å². The summed E-state index contributed by atoms with van der Waals surface area (Å²) < 4.78 is 31.7. The topological polar surface area (TPSA) is 59.4 Å². The van der Waals surface area contributed by atoms with E-state index in [1.165, 1.54) is 12.4 Å². The van der Waals surface area contributed by atoms with Crippen molar-refractivity contribution in [3.8, 4) is 0 Å². The van der Waals surface area contributed by atoms with Crippen LogP contribution in [0.3, 0.4) is 0 Å². The van der Waals surface area contributed by atoms with Gasteiger partial charge in [-0.3, -0.25) is 4.57 Å². The number of carbonyl (C=O) groups is 1. The van der Waals surface area contributed by atoms with Crippen LogP contribution in [0.5, 0.6) is 0 Å². The summed E-state index contributed by atoms with van der Waals surface area (Å²) in [5.74, 6) is 0.733. The molecule has 1 aromatic heterocycles. The van der Waals surface area contributed by atoms with Crippen molar-refractivity contribution in [3.05, 3.63) is 18.2 Å². The normalized spacial score (nSPS) is 18.7. The minimum Gasteiger partial charge on any atom is -0.377 e. The number of halogens is 2. The molecule has 1 fully saturated rings. The number of nitrogens with one attached hydrogen (secondary N) is 1. The van der Waals surface area contributed by atoms with Crippen molar-refractivity contribution in [1.82, 2.24) is 19.8 Å². The van der Waals surface area contributed by atoms with Gasteiger partial charge in [0.05, 0.1) is 19.3 Å². The molecule has 2 amide bonds. The van der Waals surface area contributed by atoms with Gasteiger partial charge < -0.3 is 15.0 Å². The third-order valence-corrected chi connectivity index (χ3v) is 3.82. The number of alkyl halides is 2. The average molecular weight is 330 g/mol. The van der Waals surface area contributed by atoms with Crippen LogP contribution in [0.15, 0.2) is 12.4 Å². The Balaban J connectivity index is 1.84. The highest BCUT2D eigenvalue weighted by Gasteiger charge is 2.27. The molecule has 0 radical (unpaired) electrons. The zero-order valence-electron chi connectivity index (χ0n) is 13.5. The molecule has 1 saturated heterocycles. The number of aromatic nitrogens is 2. The van der Waals surface area contributed by atoms with Crippen LogP contribution in [0.25, 0.3) is 0 Å². The molecule has 0 aromatic carbocycles. The fourth-order valence-electron chi connectivity index (χ4n) is 2.76. The predicted octanol–water partition coefficient (Wildman–Crippen LogP) is 2.28. The Bertz CT molecular complexity index is 507. The predicted molar refractivity (Wildman–Crippen MR) is 81.4 cm³/mol. The van der Waals surface area contributed by atoms with Gasteiger partial charge in [0.25, 0.3) is 0 Å². The SMILES string of the molecule is CC(C)CC1COCCN1C(=O)NCCc1nccn1C(F)F. The minimum absolute atomic E-state index is 0.0619.